The van der Waals surface area contributed by atoms with Crippen molar-refractivity contribution in [3.05, 3.63) is 12.7 Å². The number of rotatable bonds is 14. The highest BCUT2D eigenvalue weighted by Gasteiger charge is 2.46. The summed E-state index contributed by atoms with van der Waals surface area (Å²) >= 11 is 0. The molecule has 2 aromatic rings. The summed E-state index contributed by atoms with van der Waals surface area (Å²) < 4.78 is 65.7. The van der Waals surface area contributed by atoms with Crippen molar-refractivity contribution in [2.45, 2.75) is 49.8 Å². The van der Waals surface area contributed by atoms with Gasteiger partial charge in [-0.2, -0.15) is 8.42 Å². The van der Waals surface area contributed by atoms with Crippen molar-refractivity contribution in [1.29, 1.82) is 0 Å². The van der Waals surface area contributed by atoms with Crippen LogP contribution in [0.25, 0.3) is 11.2 Å². The van der Waals surface area contributed by atoms with Crippen molar-refractivity contribution < 1.29 is 55.6 Å². The Balaban J connectivity index is 0.000000455. The third-order valence-corrected chi connectivity index (χ3v) is 9.49. The molecule has 244 valence electrons. The monoisotopic (exact) mass is 673 g/mol. The largest absolute Gasteiger partial charge is 0.748 e. The Morgan fingerprint density at radius 2 is 1.81 bits per heavy atom. The average Bonchev–Trinajstić information content (AvgIpc) is 3.45. The lowest BCUT2D eigenvalue weighted by atomic mass is 10.1. The number of amides is 1. The van der Waals surface area contributed by atoms with Gasteiger partial charge in [-0.05, 0) is 23.7 Å². The smallest absolute Gasteiger partial charge is 0.326 e. The van der Waals surface area contributed by atoms with Crippen molar-refractivity contribution in [1.82, 2.24) is 24.8 Å². The number of carboxylic acid groups (broad SMARTS) is 1. The Hall–Kier alpha value is -2.70. The molecule has 43 heavy (non-hydrogen) atoms. The summed E-state index contributed by atoms with van der Waals surface area (Å²) in [5.41, 5.74) is 11.7. The van der Waals surface area contributed by atoms with Gasteiger partial charge in [-0.3, -0.25) is 13.9 Å². The van der Waals surface area contributed by atoms with Crippen LogP contribution in [0, 0.1) is 0 Å². The minimum absolute atomic E-state index is 0.0275. The van der Waals surface area contributed by atoms with Gasteiger partial charge < -0.3 is 41.4 Å². The summed E-state index contributed by atoms with van der Waals surface area (Å²) in [7, 11) is -8.66. The molecule has 22 heteroatoms. The van der Waals surface area contributed by atoms with Gasteiger partial charge in [0.2, 0.25) is 5.91 Å². The number of aliphatic hydroxyl groups excluding tert-OH is 2. The molecule has 1 unspecified atom stereocenters. The van der Waals surface area contributed by atoms with Gasteiger partial charge in [0.15, 0.2) is 17.7 Å². The molecule has 1 amide bonds. The second-order valence-corrected chi connectivity index (χ2v) is 14.9. The molecule has 2 aromatic heterocycles. The molecule has 3 heterocycles. The highest BCUT2D eigenvalue weighted by Crippen LogP contribution is 2.32. The van der Waals surface area contributed by atoms with E-state index in [0.29, 0.717) is 22.7 Å². The normalized spacial score (nSPS) is 22.0. The number of carbonyl (C=O) groups excluding carboxylic acids is 1. The maximum Gasteiger partial charge on any atom is 0.326 e. The molecule has 9 N–H and O–H groups in total. The Kier molecular flexibility index (Phi) is 13.5. The summed E-state index contributed by atoms with van der Waals surface area (Å²) in [6, 6.07) is -1.04. The van der Waals surface area contributed by atoms with Crippen LogP contribution in [0.4, 0.5) is 5.82 Å². The molecule has 0 aliphatic carbocycles. The molecule has 6 atom stereocenters. The van der Waals surface area contributed by atoms with Crippen molar-refractivity contribution in [2.24, 2.45) is 5.73 Å². The van der Waals surface area contributed by atoms with Gasteiger partial charge >= 0.3 is 5.97 Å². The summed E-state index contributed by atoms with van der Waals surface area (Å²) in [5.74, 6) is -1.72. The Bertz CT molecular complexity index is 1420. The lowest BCUT2D eigenvalue weighted by Crippen LogP contribution is -2.44. The molecule has 19 nitrogen and oxygen atoms in total. The fraction of sp³-hybridized carbons (Fsp3) is 0.667. The number of nitrogens with zero attached hydrogens (tertiary/aromatic N) is 4. The predicted octanol–water partition coefficient (Wildman–Crippen LogP) is -3.61. The average molecular weight is 674 g/mol. The van der Waals surface area contributed by atoms with Crippen molar-refractivity contribution in [2.75, 3.05) is 41.5 Å². The predicted molar refractivity (Wildman–Crippen MR) is 152 cm³/mol. The fourth-order valence-corrected chi connectivity index (χ4v) is 6.68. The van der Waals surface area contributed by atoms with Crippen LogP contribution in [-0.2, 0) is 45.5 Å². The number of hydrogen-bond donors (Lipinski definition) is 7. The van der Waals surface area contributed by atoms with Crippen LogP contribution in [0.3, 0.4) is 0 Å². The van der Waals surface area contributed by atoms with Crippen LogP contribution >= 0.6 is 0 Å². The first-order valence-electron chi connectivity index (χ1n) is 12.6. The quantitative estimate of drug-likeness (QED) is 0.0578. The lowest BCUT2D eigenvalue weighted by Gasteiger charge is -2.16. The minimum Gasteiger partial charge on any atom is -0.748 e. The van der Waals surface area contributed by atoms with Gasteiger partial charge in [0.1, 0.15) is 47.7 Å². The van der Waals surface area contributed by atoms with Crippen molar-refractivity contribution >= 4 is 60.0 Å². The van der Waals surface area contributed by atoms with Crippen LogP contribution < -0.4 is 16.8 Å². The van der Waals surface area contributed by atoms with Gasteiger partial charge in [0, 0.05) is 12.2 Å². The summed E-state index contributed by atoms with van der Waals surface area (Å²) in [6.07, 6.45) is 0.775. The SMILES string of the molecule is C[S+](CC[C@H](NC(=O)CN)C(=O)O)C[C@@H]1O[C@H](n2cnc3c(N)ncnc32)[C@@H](O)[C@H]1O.O=S(=O)([O-])CCCCS(=O)(=O)O. The van der Waals surface area contributed by atoms with Crippen LogP contribution in [0.5, 0.6) is 0 Å². The number of nitrogen functional groups attached to an aromatic ring is 1. The van der Waals surface area contributed by atoms with E-state index in [0.717, 1.165) is 0 Å². The van der Waals surface area contributed by atoms with Crippen LogP contribution in [0.2, 0.25) is 0 Å². The van der Waals surface area contributed by atoms with E-state index in [1.807, 2.05) is 6.26 Å². The van der Waals surface area contributed by atoms with E-state index in [1.165, 1.54) is 17.2 Å². The van der Waals surface area contributed by atoms with Gasteiger partial charge in [0.05, 0.1) is 35.0 Å². The van der Waals surface area contributed by atoms with Gasteiger partial charge in [-0.25, -0.2) is 28.2 Å². The number of nitrogens with one attached hydrogen (secondary N) is 1. The number of aliphatic hydroxyl groups is 2. The van der Waals surface area contributed by atoms with E-state index in [4.69, 9.17) is 20.8 Å². The van der Waals surface area contributed by atoms with Crippen LogP contribution in [0.15, 0.2) is 12.7 Å². The number of nitrogens with two attached hydrogens (primary N) is 2. The molecule has 0 radical (unpaired) electrons. The number of ether oxygens (including phenoxy) is 1. The first-order valence-corrected chi connectivity index (χ1v) is 17.7. The molecule has 1 saturated heterocycles. The number of aromatic nitrogens is 4. The number of carbonyl (C=O) groups is 2. The molecule has 1 fully saturated rings. The highest BCUT2D eigenvalue weighted by atomic mass is 32.2. The Morgan fingerprint density at radius 3 is 2.40 bits per heavy atom. The van der Waals surface area contributed by atoms with E-state index in [2.05, 4.69) is 20.3 Å². The van der Waals surface area contributed by atoms with Crippen LogP contribution in [0.1, 0.15) is 25.5 Å². The number of unbranched alkanes of at least 4 members (excludes halogenated alkanes) is 1. The zero-order valence-electron chi connectivity index (χ0n) is 22.9. The Labute approximate surface area is 249 Å². The van der Waals surface area contributed by atoms with E-state index in [9.17, 15) is 46.3 Å². The molecule has 0 aromatic carbocycles. The number of carboxylic acids is 1. The third kappa shape index (κ3) is 11.7. The highest BCUT2D eigenvalue weighted by molar-refractivity contribution is 7.96. The second kappa shape index (κ2) is 15.9. The summed E-state index contributed by atoms with van der Waals surface area (Å²) in [6.45, 7) is -0.289. The zero-order chi connectivity index (χ0) is 32.5. The number of anilines is 1. The number of imidazole rings is 1. The van der Waals surface area contributed by atoms with Crippen molar-refractivity contribution in [3.8, 4) is 0 Å². The van der Waals surface area contributed by atoms with E-state index < -0.39 is 74.2 Å². The standard InChI is InChI=1S/C17H25N7O6S.C4H10O6S2/c1-31(3-2-8(17(28)29)23-10(25)4-18)5-9-12(26)13(27)16(30-9)24-7-22-11-14(19)20-6-21-15(11)24;5-11(6,7)3-1-2-4-12(8,9)10/h6-9,12-13,16,26-27H,2-5,18H2,1H3,(H3-,19,20,21,23,25,28,29);1-4H2,(H,5,6,7)(H,8,9,10)/t8-,9-,12-,13-,16-,31?;/m0./s1. The molecule has 1 aliphatic rings. The lowest BCUT2D eigenvalue weighted by molar-refractivity contribution is -0.141. The molecule has 0 saturated carbocycles. The van der Waals surface area contributed by atoms with Gasteiger partial charge in [-0.1, -0.05) is 0 Å². The third-order valence-electron chi connectivity index (χ3n) is 6.07. The molecular weight excluding hydrogens is 638 g/mol. The topological polar surface area (TPSA) is 323 Å². The van der Waals surface area contributed by atoms with Gasteiger partial charge in [0.25, 0.3) is 10.1 Å². The number of hydrogen-bond acceptors (Lipinski definition) is 15. The number of aliphatic carboxylic acids is 1. The van der Waals surface area contributed by atoms with Gasteiger partial charge in [-0.15, -0.1) is 0 Å². The van der Waals surface area contributed by atoms with Crippen molar-refractivity contribution in [3.63, 3.8) is 0 Å². The Morgan fingerprint density at radius 1 is 1.16 bits per heavy atom. The molecule has 0 spiro atoms. The zero-order valence-corrected chi connectivity index (χ0v) is 25.4. The molecule has 1 aliphatic heterocycles. The number of fused-ring (bicyclic) bond motifs is 1. The second-order valence-electron chi connectivity index (χ2n) is 9.49. The first-order chi connectivity index (χ1) is 19.9. The van der Waals surface area contributed by atoms with E-state index >= 15 is 0 Å². The molecule has 0 bridgehead atoms. The summed E-state index contributed by atoms with van der Waals surface area (Å²) in [5, 5.41) is 32.6. The maximum absolute atomic E-state index is 11.4. The fourth-order valence-electron chi connectivity index (χ4n) is 3.91. The minimum atomic E-state index is -4.27. The van der Waals surface area contributed by atoms with E-state index in [1.54, 1.807) is 0 Å². The summed E-state index contributed by atoms with van der Waals surface area (Å²) in [4.78, 5) is 34.9. The molecule has 3 rings (SSSR count). The first kappa shape index (κ1) is 36.5. The maximum atomic E-state index is 11.4. The van der Waals surface area contributed by atoms with Crippen LogP contribution in [-0.4, -0.2) is 133 Å². The van der Waals surface area contributed by atoms with E-state index in [-0.39, 0.29) is 42.5 Å². The molecular formula is C21H35N7O12S3.